The number of carbonyl (C=O) groups is 1. The van der Waals surface area contributed by atoms with Crippen molar-refractivity contribution in [3.63, 3.8) is 0 Å². The summed E-state index contributed by atoms with van der Waals surface area (Å²) in [5, 5.41) is 19.8. The number of rotatable bonds is 8. The van der Waals surface area contributed by atoms with Crippen molar-refractivity contribution in [3.8, 4) is 11.3 Å². The highest BCUT2D eigenvalue weighted by atomic mass is 16.4. The number of nitrogens with zero attached hydrogens (tertiary/aromatic N) is 2. The van der Waals surface area contributed by atoms with E-state index in [9.17, 15) is 4.79 Å². The molecule has 0 unspecified atom stereocenters. The summed E-state index contributed by atoms with van der Waals surface area (Å²) in [5.74, 6) is -0.751. The van der Waals surface area contributed by atoms with Crippen molar-refractivity contribution >= 4 is 5.97 Å². The first-order chi connectivity index (χ1) is 11.7. The number of nitrogens with one attached hydrogen (secondary N) is 2. The number of carboxylic acid groups (broad SMARTS) is 1. The fraction of sp³-hybridized carbons (Fsp3) is 0.444. The average Bonchev–Trinajstić information content (AvgIpc) is 3.01. The summed E-state index contributed by atoms with van der Waals surface area (Å²) < 4.78 is 0. The van der Waals surface area contributed by atoms with Crippen molar-refractivity contribution in [2.45, 2.75) is 38.4 Å². The molecule has 1 aliphatic carbocycles. The van der Waals surface area contributed by atoms with Crippen LogP contribution in [0, 0.1) is 0 Å². The number of aromatic amines is 1. The van der Waals surface area contributed by atoms with E-state index in [4.69, 9.17) is 5.11 Å². The summed E-state index contributed by atoms with van der Waals surface area (Å²) in [6.45, 7) is 3.70. The van der Waals surface area contributed by atoms with Gasteiger partial charge in [-0.25, -0.2) is 0 Å². The van der Waals surface area contributed by atoms with Gasteiger partial charge >= 0.3 is 5.97 Å². The van der Waals surface area contributed by atoms with Gasteiger partial charge in [-0.3, -0.25) is 14.8 Å². The van der Waals surface area contributed by atoms with E-state index in [1.165, 1.54) is 0 Å². The first-order valence-corrected chi connectivity index (χ1v) is 8.44. The number of H-pyrrole nitrogens is 1. The number of benzene rings is 1. The van der Waals surface area contributed by atoms with Crippen molar-refractivity contribution in [2.75, 3.05) is 13.1 Å². The molecule has 0 spiro atoms. The number of hydrogen-bond donors (Lipinski definition) is 3. The van der Waals surface area contributed by atoms with Crippen LogP contribution in [0.1, 0.15) is 25.3 Å². The molecule has 1 aliphatic rings. The van der Waals surface area contributed by atoms with Gasteiger partial charge in [-0.15, -0.1) is 0 Å². The van der Waals surface area contributed by atoms with Crippen LogP contribution < -0.4 is 5.32 Å². The van der Waals surface area contributed by atoms with E-state index in [0.29, 0.717) is 12.1 Å². The van der Waals surface area contributed by atoms with Gasteiger partial charge in [-0.2, -0.15) is 5.10 Å². The molecular formula is C18H24N4O2. The van der Waals surface area contributed by atoms with Crippen LogP contribution in [0.3, 0.4) is 0 Å². The van der Waals surface area contributed by atoms with E-state index in [1.54, 1.807) is 0 Å². The molecule has 1 heterocycles. The van der Waals surface area contributed by atoms with Crippen LogP contribution in [0.15, 0.2) is 36.5 Å². The molecule has 0 amide bonds. The minimum Gasteiger partial charge on any atom is -0.480 e. The maximum atomic E-state index is 10.9. The Morgan fingerprint density at radius 2 is 2.12 bits per heavy atom. The predicted molar refractivity (Wildman–Crippen MR) is 92.6 cm³/mol. The van der Waals surface area contributed by atoms with E-state index in [2.05, 4.69) is 27.6 Å². The molecular weight excluding hydrogens is 304 g/mol. The minimum absolute atomic E-state index is 0.133. The zero-order valence-corrected chi connectivity index (χ0v) is 13.9. The highest BCUT2D eigenvalue weighted by Gasteiger charge is 2.33. The average molecular weight is 328 g/mol. The third-order valence-corrected chi connectivity index (χ3v) is 4.74. The van der Waals surface area contributed by atoms with Crippen LogP contribution >= 0.6 is 0 Å². The second-order valence-corrected chi connectivity index (χ2v) is 6.30. The molecule has 0 bridgehead atoms. The predicted octanol–water partition coefficient (Wildman–Crippen LogP) is 2.10. The molecule has 0 saturated heterocycles. The van der Waals surface area contributed by atoms with Gasteiger partial charge in [-0.05, 0) is 24.9 Å². The molecule has 0 aliphatic heterocycles. The Labute approximate surface area is 141 Å². The van der Waals surface area contributed by atoms with Crippen LogP contribution in [0.4, 0.5) is 0 Å². The lowest BCUT2D eigenvalue weighted by Gasteiger charge is -2.42. The van der Waals surface area contributed by atoms with Crippen molar-refractivity contribution < 1.29 is 9.90 Å². The van der Waals surface area contributed by atoms with Gasteiger partial charge in [0.2, 0.25) is 0 Å². The first kappa shape index (κ1) is 16.7. The van der Waals surface area contributed by atoms with Gasteiger partial charge in [-0.1, -0.05) is 37.3 Å². The van der Waals surface area contributed by atoms with Gasteiger partial charge in [0.05, 0.1) is 18.4 Å². The number of aromatic nitrogens is 2. The second kappa shape index (κ2) is 7.59. The summed E-state index contributed by atoms with van der Waals surface area (Å²) in [6, 6.07) is 11.0. The standard InChI is InChI=1S/C18H24N4O2/c1-2-22(12-17(23)24)16-8-15(9-16)19-10-14-11-20-21-18(14)13-6-4-3-5-7-13/h3-7,11,15-16,19H,2,8-10,12H2,1H3,(H,20,21)(H,23,24). The summed E-state index contributed by atoms with van der Waals surface area (Å²) in [7, 11) is 0. The largest absolute Gasteiger partial charge is 0.480 e. The van der Waals surface area contributed by atoms with E-state index in [1.807, 2.05) is 36.2 Å². The van der Waals surface area contributed by atoms with E-state index in [0.717, 1.165) is 42.8 Å². The fourth-order valence-corrected chi connectivity index (χ4v) is 3.28. The topological polar surface area (TPSA) is 81.2 Å². The molecule has 0 radical (unpaired) electrons. The van der Waals surface area contributed by atoms with E-state index < -0.39 is 5.97 Å². The van der Waals surface area contributed by atoms with Crippen molar-refractivity contribution in [1.29, 1.82) is 0 Å². The SMILES string of the molecule is CCN(CC(=O)O)C1CC(NCc2cn[nH]c2-c2ccccc2)C1. The third-order valence-electron chi connectivity index (χ3n) is 4.74. The Kier molecular flexibility index (Phi) is 5.27. The Morgan fingerprint density at radius 1 is 1.38 bits per heavy atom. The Morgan fingerprint density at radius 3 is 2.79 bits per heavy atom. The lowest BCUT2D eigenvalue weighted by atomic mass is 9.85. The number of aliphatic carboxylic acids is 1. The molecule has 3 N–H and O–H groups in total. The van der Waals surface area contributed by atoms with Gasteiger partial charge in [0.25, 0.3) is 0 Å². The molecule has 24 heavy (non-hydrogen) atoms. The Hall–Kier alpha value is -2.18. The molecule has 1 fully saturated rings. The zero-order valence-electron chi connectivity index (χ0n) is 13.9. The summed E-state index contributed by atoms with van der Waals surface area (Å²) >= 11 is 0. The van der Waals surface area contributed by atoms with Crippen LogP contribution in [0.2, 0.25) is 0 Å². The van der Waals surface area contributed by atoms with Crippen LogP contribution in [-0.4, -0.2) is 51.3 Å². The molecule has 1 aromatic heterocycles. The van der Waals surface area contributed by atoms with Gasteiger partial charge < -0.3 is 10.4 Å². The number of carboxylic acids is 1. The third kappa shape index (κ3) is 3.83. The minimum atomic E-state index is -0.751. The first-order valence-electron chi connectivity index (χ1n) is 8.44. The lowest BCUT2D eigenvalue weighted by Crippen LogP contribution is -2.53. The molecule has 1 saturated carbocycles. The summed E-state index contributed by atoms with van der Waals surface area (Å²) in [4.78, 5) is 12.9. The highest BCUT2D eigenvalue weighted by Crippen LogP contribution is 2.27. The molecule has 128 valence electrons. The molecule has 2 aromatic rings. The molecule has 1 aromatic carbocycles. The van der Waals surface area contributed by atoms with Gasteiger partial charge in [0.15, 0.2) is 0 Å². The molecule has 6 nitrogen and oxygen atoms in total. The van der Waals surface area contributed by atoms with Crippen LogP contribution in [0.25, 0.3) is 11.3 Å². The van der Waals surface area contributed by atoms with E-state index >= 15 is 0 Å². The Bertz CT molecular complexity index is 665. The summed E-state index contributed by atoms with van der Waals surface area (Å²) in [6.07, 6.45) is 3.87. The van der Waals surface area contributed by atoms with Crippen molar-refractivity contribution in [2.24, 2.45) is 0 Å². The second-order valence-electron chi connectivity index (χ2n) is 6.30. The van der Waals surface area contributed by atoms with Crippen LogP contribution in [-0.2, 0) is 11.3 Å². The van der Waals surface area contributed by atoms with Crippen molar-refractivity contribution in [3.05, 3.63) is 42.1 Å². The zero-order chi connectivity index (χ0) is 16.9. The maximum Gasteiger partial charge on any atom is 0.317 e. The van der Waals surface area contributed by atoms with Crippen molar-refractivity contribution in [1.82, 2.24) is 20.4 Å². The normalized spacial score (nSPS) is 20.1. The van der Waals surface area contributed by atoms with Gasteiger partial charge in [0.1, 0.15) is 0 Å². The lowest BCUT2D eigenvalue weighted by molar-refractivity contribution is -0.139. The van der Waals surface area contributed by atoms with E-state index in [-0.39, 0.29) is 6.54 Å². The smallest absolute Gasteiger partial charge is 0.317 e. The maximum absolute atomic E-state index is 10.9. The monoisotopic (exact) mass is 328 g/mol. The molecule has 6 heteroatoms. The fourth-order valence-electron chi connectivity index (χ4n) is 3.28. The number of likely N-dealkylation sites (N-methyl/N-ethyl adjacent to an activating group) is 1. The molecule has 0 atom stereocenters. The highest BCUT2D eigenvalue weighted by molar-refractivity contribution is 5.69. The Balaban J connectivity index is 1.50. The quantitative estimate of drug-likeness (QED) is 0.691. The van der Waals surface area contributed by atoms with Gasteiger partial charge in [0, 0.05) is 24.2 Å². The number of hydrogen-bond acceptors (Lipinski definition) is 4. The van der Waals surface area contributed by atoms with Crippen LogP contribution in [0.5, 0.6) is 0 Å². The summed E-state index contributed by atoms with van der Waals surface area (Å²) in [5.41, 5.74) is 3.35. The molecule has 3 rings (SSSR count).